The largest absolute Gasteiger partial charge is 0.496 e. The molecule has 1 unspecified atom stereocenters. The monoisotopic (exact) mass is 258 g/mol. The van der Waals surface area contributed by atoms with Gasteiger partial charge in [0, 0.05) is 17.3 Å². The number of hydrogen-bond acceptors (Lipinski definition) is 4. The van der Waals surface area contributed by atoms with Gasteiger partial charge in [0.15, 0.2) is 0 Å². The average molecular weight is 258 g/mol. The molecule has 1 aromatic heterocycles. The Morgan fingerprint density at radius 2 is 1.79 bits per heavy atom. The van der Waals surface area contributed by atoms with Gasteiger partial charge in [-0.1, -0.05) is 17.7 Å². The molecule has 0 saturated carbocycles. The van der Waals surface area contributed by atoms with Crippen LogP contribution in [0.3, 0.4) is 0 Å². The number of nitrogens with zero attached hydrogens (tertiary/aromatic N) is 1. The molecule has 0 saturated heterocycles. The van der Waals surface area contributed by atoms with Crippen LogP contribution in [0.15, 0.2) is 36.7 Å². The smallest absolute Gasteiger partial charge is 0.142 e. The van der Waals surface area contributed by atoms with Crippen molar-refractivity contribution in [2.45, 2.75) is 13.0 Å². The van der Waals surface area contributed by atoms with Crippen molar-refractivity contribution in [1.29, 1.82) is 0 Å². The summed E-state index contributed by atoms with van der Waals surface area (Å²) < 4.78 is 10.7. The summed E-state index contributed by atoms with van der Waals surface area (Å²) >= 11 is 0. The lowest BCUT2D eigenvalue weighted by molar-refractivity contribution is 0.399. The Balaban J connectivity index is 2.49. The third-order valence-corrected chi connectivity index (χ3v) is 3.09. The van der Waals surface area contributed by atoms with E-state index >= 15 is 0 Å². The van der Waals surface area contributed by atoms with Crippen LogP contribution in [0, 0.1) is 6.92 Å². The maximum atomic E-state index is 6.35. The van der Waals surface area contributed by atoms with E-state index in [4.69, 9.17) is 15.2 Å². The van der Waals surface area contributed by atoms with Crippen molar-refractivity contribution in [2.75, 3.05) is 14.2 Å². The molecule has 1 aromatic carbocycles. The molecule has 0 aliphatic heterocycles. The Morgan fingerprint density at radius 1 is 1.05 bits per heavy atom. The van der Waals surface area contributed by atoms with Gasteiger partial charge in [0.25, 0.3) is 0 Å². The van der Waals surface area contributed by atoms with Crippen LogP contribution in [0.4, 0.5) is 0 Å². The van der Waals surface area contributed by atoms with Gasteiger partial charge in [0.05, 0.1) is 26.5 Å². The summed E-state index contributed by atoms with van der Waals surface area (Å²) in [6, 6.07) is 7.51. The third-order valence-electron chi connectivity index (χ3n) is 3.09. The molecule has 4 heteroatoms. The van der Waals surface area contributed by atoms with E-state index in [-0.39, 0.29) is 6.04 Å². The van der Waals surface area contributed by atoms with E-state index in [9.17, 15) is 0 Å². The van der Waals surface area contributed by atoms with Crippen LogP contribution in [0.2, 0.25) is 0 Å². The number of aryl methyl sites for hydroxylation is 1. The van der Waals surface area contributed by atoms with Gasteiger partial charge in [-0.25, -0.2) is 0 Å². The van der Waals surface area contributed by atoms with E-state index in [0.29, 0.717) is 5.75 Å². The van der Waals surface area contributed by atoms with Gasteiger partial charge in [-0.05, 0) is 19.1 Å². The molecule has 0 aliphatic carbocycles. The number of pyridine rings is 1. The molecule has 0 fully saturated rings. The molecule has 4 nitrogen and oxygen atoms in total. The fraction of sp³-hybridized carbons (Fsp3) is 0.267. The predicted molar refractivity (Wildman–Crippen MR) is 74.6 cm³/mol. The molecule has 19 heavy (non-hydrogen) atoms. The van der Waals surface area contributed by atoms with Crippen molar-refractivity contribution in [3.8, 4) is 11.5 Å². The fourth-order valence-electron chi connectivity index (χ4n) is 2.08. The summed E-state index contributed by atoms with van der Waals surface area (Å²) in [5, 5.41) is 0. The number of hydrogen-bond donors (Lipinski definition) is 1. The Bertz CT molecular complexity index is 570. The van der Waals surface area contributed by atoms with Gasteiger partial charge in [0.1, 0.15) is 11.5 Å². The standard InChI is InChI=1S/C15H18N2O2/c1-10-4-5-13(18-2)12(8-10)15(16)11-6-7-17-9-14(11)19-3/h4-9,15H,16H2,1-3H3. The van der Waals surface area contributed by atoms with E-state index in [1.54, 1.807) is 26.6 Å². The molecule has 2 aromatic rings. The molecular formula is C15H18N2O2. The first-order valence-corrected chi connectivity index (χ1v) is 6.05. The molecule has 1 atom stereocenters. The second kappa shape index (κ2) is 5.71. The van der Waals surface area contributed by atoms with Crippen LogP contribution in [-0.4, -0.2) is 19.2 Å². The first-order chi connectivity index (χ1) is 9.17. The summed E-state index contributed by atoms with van der Waals surface area (Å²) in [5.41, 5.74) is 9.32. The molecule has 0 spiro atoms. The zero-order valence-corrected chi connectivity index (χ0v) is 11.4. The number of rotatable bonds is 4. The van der Waals surface area contributed by atoms with Gasteiger partial charge < -0.3 is 15.2 Å². The van der Waals surface area contributed by atoms with E-state index < -0.39 is 0 Å². The number of ether oxygens (including phenoxy) is 2. The molecule has 100 valence electrons. The van der Waals surface area contributed by atoms with Crippen molar-refractivity contribution in [3.63, 3.8) is 0 Å². The maximum absolute atomic E-state index is 6.35. The summed E-state index contributed by atoms with van der Waals surface area (Å²) in [7, 11) is 3.26. The Morgan fingerprint density at radius 3 is 2.47 bits per heavy atom. The number of aromatic nitrogens is 1. The lowest BCUT2D eigenvalue weighted by Crippen LogP contribution is -2.14. The second-order valence-corrected chi connectivity index (χ2v) is 4.34. The molecular weight excluding hydrogens is 240 g/mol. The second-order valence-electron chi connectivity index (χ2n) is 4.34. The third kappa shape index (κ3) is 2.69. The first-order valence-electron chi connectivity index (χ1n) is 6.05. The number of benzene rings is 1. The van der Waals surface area contributed by atoms with Crippen LogP contribution in [0.25, 0.3) is 0 Å². The maximum Gasteiger partial charge on any atom is 0.142 e. The predicted octanol–water partition coefficient (Wildman–Crippen LogP) is 2.46. The first kappa shape index (κ1) is 13.4. The highest BCUT2D eigenvalue weighted by Crippen LogP contribution is 2.32. The normalized spacial score (nSPS) is 12.0. The molecule has 2 N–H and O–H groups in total. The van der Waals surface area contributed by atoms with Crippen molar-refractivity contribution >= 4 is 0 Å². The van der Waals surface area contributed by atoms with Gasteiger partial charge >= 0.3 is 0 Å². The van der Waals surface area contributed by atoms with E-state index in [0.717, 1.165) is 22.4 Å². The fourth-order valence-corrected chi connectivity index (χ4v) is 2.08. The zero-order valence-electron chi connectivity index (χ0n) is 11.4. The Hall–Kier alpha value is -2.07. The van der Waals surface area contributed by atoms with Crippen molar-refractivity contribution in [3.05, 3.63) is 53.3 Å². The van der Waals surface area contributed by atoms with Crippen LogP contribution in [0.5, 0.6) is 11.5 Å². The van der Waals surface area contributed by atoms with Gasteiger partial charge in [-0.2, -0.15) is 0 Å². The quantitative estimate of drug-likeness (QED) is 0.915. The Kier molecular flexibility index (Phi) is 4.02. The van der Waals surface area contributed by atoms with Gasteiger partial charge in [-0.3, -0.25) is 4.98 Å². The number of nitrogens with two attached hydrogens (primary N) is 1. The molecule has 0 aliphatic rings. The van der Waals surface area contributed by atoms with Crippen molar-refractivity contribution < 1.29 is 9.47 Å². The number of methoxy groups -OCH3 is 2. The minimum absolute atomic E-state index is 0.312. The molecule has 0 bridgehead atoms. The molecule has 0 radical (unpaired) electrons. The minimum atomic E-state index is -0.312. The molecule has 0 amide bonds. The van der Waals surface area contributed by atoms with E-state index in [2.05, 4.69) is 4.98 Å². The average Bonchev–Trinajstić information content (AvgIpc) is 2.46. The Labute approximate surface area is 113 Å². The van der Waals surface area contributed by atoms with E-state index in [1.807, 2.05) is 31.2 Å². The SMILES string of the molecule is COc1cnccc1C(N)c1cc(C)ccc1OC. The molecule has 2 rings (SSSR count). The lowest BCUT2D eigenvalue weighted by Gasteiger charge is -2.18. The summed E-state index contributed by atoms with van der Waals surface area (Å²) in [5.74, 6) is 1.45. The van der Waals surface area contributed by atoms with Crippen molar-refractivity contribution in [1.82, 2.24) is 4.98 Å². The summed E-state index contributed by atoms with van der Waals surface area (Å²) in [6.07, 6.45) is 3.37. The summed E-state index contributed by atoms with van der Waals surface area (Å²) in [6.45, 7) is 2.03. The van der Waals surface area contributed by atoms with Crippen LogP contribution in [-0.2, 0) is 0 Å². The van der Waals surface area contributed by atoms with Crippen molar-refractivity contribution in [2.24, 2.45) is 5.73 Å². The zero-order chi connectivity index (χ0) is 13.8. The van der Waals surface area contributed by atoms with E-state index in [1.165, 1.54) is 0 Å². The lowest BCUT2D eigenvalue weighted by atomic mass is 9.97. The molecule has 1 heterocycles. The minimum Gasteiger partial charge on any atom is -0.496 e. The summed E-state index contributed by atoms with van der Waals surface area (Å²) in [4.78, 5) is 4.04. The topological polar surface area (TPSA) is 57.4 Å². The highest BCUT2D eigenvalue weighted by molar-refractivity contribution is 5.46. The highest BCUT2D eigenvalue weighted by Gasteiger charge is 2.17. The highest BCUT2D eigenvalue weighted by atomic mass is 16.5. The van der Waals surface area contributed by atoms with Crippen LogP contribution < -0.4 is 15.2 Å². The van der Waals surface area contributed by atoms with Gasteiger partial charge in [0.2, 0.25) is 0 Å². The van der Waals surface area contributed by atoms with Gasteiger partial charge in [-0.15, -0.1) is 0 Å². The van der Waals surface area contributed by atoms with Crippen LogP contribution in [0.1, 0.15) is 22.7 Å². The van der Waals surface area contributed by atoms with Crippen LogP contribution >= 0.6 is 0 Å².